The van der Waals surface area contributed by atoms with E-state index >= 15 is 0 Å². The molecule has 0 amide bonds. The lowest BCUT2D eigenvalue weighted by molar-refractivity contribution is -0.385. The van der Waals surface area contributed by atoms with Gasteiger partial charge in [-0.05, 0) is 19.9 Å². The van der Waals surface area contributed by atoms with Crippen LogP contribution in [0.15, 0.2) is 12.1 Å². The van der Waals surface area contributed by atoms with Crippen molar-refractivity contribution in [3.05, 3.63) is 33.6 Å². The van der Waals surface area contributed by atoms with E-state index < -0.39 is 22.2 Å². The smallest absolute Gasteiger partial charge is 0.284 e. The number of rotatable bonds is 4. The van der Waals surface area contributed by atoms with Crippen LogP contribution < -0.4 is 4.74 Å². The Balaban J connectivity index is 3.49. The average Bonchev–Trinajstić information content (AvgIpc) is 2.20. The van der Waals surface area contributed by atoms with Crippen LogP contribution in [0.4, 0.5) is 10.1 Å². The molecule has 0 aliphatic rings. The van der Waals surface area contributed by atoms with E-state index in [1.165, 1.54) is 0 Å². The topological polar surface area (TPSA) is 69.4 Å². The number of carbonyl (C=O) groups is 1. The van der Waals surface area contributed by atoms with Gasteiger partial charge in [0.1, 0.15) is 5.56 Å². The molecule has 0 unspecified atom stereocenters. The van der Waals surface area contributed by atoms with Gasteiger partial charge in [-0.1, -0.05) is 0 Å². The quantitative estimate of drug-likeness (QED) is 0.449. The van der Waals surface area contributed by atoms with E-state index in [9.17, 15) is 19.3 Å². The van der Waals surface area contributed by atoms with Crippen LogP contribution in [-0.2, 0) is 0 Å². The maximum atomic E-state index is 13.3. The molecule has 0 fully saturated rings. The first-order chi connectivity index (χ1) is 7.49. The van der Waals surface area contributed by atoms with Gasteiger partial charge in [-0.3, -0.25) is 14.9 Å². The highest BCUT2D eigenvalue weighted by molar-refractivity contribution is 6.00. The summed E-state index contributed by atoms with van der Waals surface area (Å²) < 4.78 is 18.3. The lowest BCUT2D eigenvalue weighted by atomic mass is 10.1. The Morgan fingerprint density at radius 3 is 2.62 bits per heavy atom. The zero-order chi connectivity index (χ0) is 12.3. The molecule has 0 aromatic heterocycles. The first-order valence-corrected chi connectivity index (χ1v) is 4.59. The van der Waals surface area contributed by atoms with Crippen LogP contribution in [0.2, 0.25) is 0 Å². The van der Waals surface area contributed by atoms with Crippen LogP contribution in [-0.4, -0.2) is 17.3 Å². The molecular formula is C10H10FNO4. The van der Waals surface area contributed by atoms with Crippen LogP contribution >= 0.6 is 0 Å². The number of ketones is 1. The third kappa shape index (κ3) is 2.16. The maximum absolute atomic E-state index is 13.3. The van der Waals surface area contributed by atoms with Crippen LogP contribution in [0.3, 0.4) is 0 Å². The Morgan fingerprint density at radius 1 is 1.56 bits per heavy atom. The van der Waals surface area contributed by atoms with Crippen LogP contribution in [0.25, 0.3) is 0 Å². The van der Waals surface area contributed by atoms with Gasteiger partial charge in [0.25, 0.3) is 5.69 Å². The highest BCUT2D eigenvalue weighted by Crippen LogP contribution is 2.31. The van der Waals surface area contributed by atoms with Crippen LogP contribution in [0.5, 0.6) is 5.75 Å². The highest BCUT2D eigenvalue weighted by Gasteiger charge is 2.25. The zero-order valence-electron chi connectivity index (χ0n) is 8.82. The van der Waals surface area contributed by atoms with Gasteiger partial charge >= 0.3 is 0 Å². The van der Waals surface area contributed by atoms with Gasteiger partial charge in [-0.2, -0.15) is 0 Å². The molecule has 0 saturated heterocycles. The summed E-state index contributed by atoms with van der Waals surface area (Å²) in [4.78, 5) is 21.2. The number of hydrogen-bond acceptors (Lipinski definition) is 4. The molecule has 0 bridgehead atoms. The van der Waals surface area contributed by atoms with Crippen molar-refractivity contribution in [2.75, 3.05) is 6.61 Å². The van der Waals surface area contributed by atoms with Crippen molar-refractivity contribution in [2.24, 2.45) is 0 Å². The predicted octanol–water partition coefficient (Wildman–Crippen LogP) is 2.34. The number of halogens is 1. The molecule has 5 nitrogen and oxygen atoms in total. The molecule has 1 aromatic carbocycles. The standard InChI is InChI=1S/C10H10FNO4/c1-3-16-10-7(11)4-5-8(12(14)15)9(10)6(2)13/h4-5H,3H2,1-2H3. The second kappa shape index (κ2) is 4.69. The van der Waals surface area contributed by atoms with Crippen LogP contribution in [0, 0.1) is 15.9 Å². The molecule has 86 valence electrons. The molecule has 6 heteroatoms. The first-order valence-electron chi connectivity index (χ1n) is 4.59. The van der Waals surface area contributed by atoms with E-state index in [4.69, 9.17) is 4.74 Å². The highest BCUT2D eigenvalue weighted by atomic mass is 19.1. The lowest BCUT2D eigenvalue weighted by Crippen LogP contribution is -2.07. The molecular weight excluding hydrogens is 217 g/mol. The normalized spacial score (nSPS) is 9.94. The summed E-state index contributed by atoms with van der Waals surface area (Å²) in [5.41, 5.74) is -0.774. The molecule has 0 spiro atoms. The molecule has 0 radical (unpaired) electrons. The summed E-state index contributed by atoms with van der Waals surface area (Å²) in [6.07, 6.45) is 0. The number of carbonyl (C=O) groups excluding carboxylic acids is 1. The zero-order valence-corrected chi connectivity index (χ0v) is 8.82. The van der Waals surface area contributed by atoms with Crippen molar-refractivity contribution >= 4 is 11.5 Å². The van der Waals surface area contributed by atoms with Gasteiger partial charge in [-0.15, -0.1) is 0 Å². The summed E-state index contributed by atoms with van der Waals surface area (Å²) in [6.45, 7) is 2.85. The van der Waals surface area contributed by atoms with E-state index in [2.05, 4.69) is 0 Å². The van der Waals surface area contributed by atoms with Crippen molar-refractivity contribution in [1.82, 2.24) is 0 Å². The Morgan fingerprint density at radius 2 is 2.19 bits per heavy atom. The fourth-order valence-corrected chi connectivity index (χ4v) is 1.32. The van der Waals surface area contributed by atoms with E-state index in [0.717, 1.165) is 19.1 Å². The first kappa shape index (κ1) is 12.1. The van der Waals surface area contributed by atoms with E-state index in [1.54, 1.807) is 6.92 Å². The number of nitro groups is 1. The Labute approximate surface area is 91.0 Å². The second-order valence-electron chi connectivity index (χ2n) is 3.02. The number of benzene rings is 1. The Hall–Kier alpha value is -1.98. The van der Waals surface area contributed by atoms with Crippen LogP contribution in [0.1, 0.15) is 24.2 Å². The molecule has 0 atom stereocenters. The third-order valence-corrected chi connectivity index (χ3v) is 1.93. The predicted molar refractivity (Wildman–Crippen MR) is 54.2 cm³/mol. The monoisotopic (exact) mass is 227 g/mol. The number of ether oxygens (including phenoxy) is 1. The minimum absolute atomic E-state index is 0.123. The van der Waals surface area contributed by atoms with Crippen molar-refractivity contribution in [1.29, 1.82) is 0 Å². The number of nitrogens with zero attached hydrogens (tertiary/aromatic N) is 1. The van der Waals surface area contributed by atoms with Gasteiger partial charge in [0.15, 0.2) is 17.3 Å². The maximum Gasteiger partial charge on any atom is 0.284 e. The Kier molecular flexibility index (Phi) is 3.55. The number of nitro benzene ring substituents is 1. The fourth-order valence-electron chi connectivity index (χ4n) is 1.32. The van der Waals surface area contributed by atoms with Gasteiger partial charge in [0.05, 0.1) is 11.5 Å². The fraction of sp³-hybridized carbons (Fsp3) is 0.300. The van der Waals surface area contributed by atoms with E-state index in [-0.39, 0.29) is 17.9 Å². The average molecular weight is 227 g/mol. The summed E-state index contributed by atoms with van der Waals surface area (Å²) >= 11 is 0. The molecule has 0 N–H and O–H groups in total. The van der Waals surface area contributed by atoms with Crippen molar-refractivity contribution in [3.63, 3.8) is 0 Å². The molecule has 16 heavy (non-hydrogen) atoms. The van der Waals surface area contributed by atoms with Gasteiger partial charge in [-0.25, -0.2) is 4.39 Å². The SMILES string of the molecule is CCOc1c(F)ccc([N+](=O)[O-])c1C(C)=O. The number of Topliss-reactive ketones (excluding diaryl/α,β-unsaturated/α-hetero) is 1. The van der Waals surface area contributed by atoms with Gasteiger partial charge < -0.3 is 4.74 Å². The Bertz CT molecular complexity index is 445. The summed E-state index contributed by atoms with van der Waals surface area (Å²) in [5, 5.41) is 10.7. The minimum Gasteiger partial charge on any atom is -0.490 e. The second-order valence-corrected chi connectivity index (χ2v) is 3.02. The van der Waals surface area contributed by atoms with Crippen molar-refractivity contribution in [3.8, 4) is 5.75 Å². The molecule has 0 aliphatic carbocycles. The molecule has 1 aromatic rings. The van der Waals surface area contributed by atoms with Gasteiger partial charge in [0.2, 0.25) is 0 Å². The molecule has 0 saturated carbocycles. The van der Waals surface area contributed by atoms with E-state index in [1.807, 2.05) is 0 Å². The summed E-state index contributed by atoms with van der Waals surface area (Å²) in [7, 11) is 0. The summed E-state index contributed by atoms with van der Waals surface area (Å²) in [6, 6.07) is 1.87. The lowest BCUT2D eigenvalue weighted by Gasteiger charge is -2.08. The minimum atomic E-state index is -0.780. The largest absolute Gasteiger partial charge is 0.490 e. The third-order valence-electron chi connectivity index (χ3n) is 1.93. The van der Waals surface area contributed by atoms with Crippen molar-refractivity contribution < 1.29 is 18.8 Å². The van der Waals surface area contributed by atoms with E-state index in [0.29, 0.717) is 0 Å². The van der Waals surface area contributed by atoms with Gasteiger partial charge in [0, 0.05) is 6.07 Å². The molecule has 0 aliphatic heterocycles. The molecule has 0 heterocycles. The summed E-state index contributed by atoms with van der Waals surface area (Å²) in [5.74, 6) is -1.74. The number of hydrogen-bond donors (Lipinski definition) is 0. The van der Waals surface area contributed by atoms with Crippen molar-refractivity contribution in [2.45, 2.75) is 13.8 Å². The molecule has 1 rings (SSSR count).